The third-order valence-electron chi connectivity index (χ3n) is 6.89. The maximum Gasteiger partial charge on any atom is 0.407 e. The first kappa shape index (κ1) is 28.5. The Morgan fingerprint density at radius 1 is 1.07 bits per heavy atom. The largest absolute Gasteiger partial charge is 0.506 e. The van der Waals surface area contributed by atoms with Crippen molar-refractivity contribution in [2.45, 2.75) is 64.4 Å². The lowest BCUT2D eigenvalue weighted by Gasteiger charge is -2.35. The number of nitrogens with one attached hydrogen (secondary N) is 3. The van der Waals surface area contributed by atoms with Crippen LogP contribution < -0.4 is 16.1 Å². The smallest absolute Gasteiger partial charge is 0.407 e. The lowest BCUT2D eigenvalue weighted by Crippen LogP contribution is -2.38. The number of hydrogen-bond acceptors (Lipinski definition) is 10. The fourth-order valence-electron chi connectivity index (χ4n) is 5.02. The first-order valence-electron chi connectivity index (χ1n) is 13.4. The number of anilines is 1. The fraction of sp³-hybridized carbons (Fsp3) is 0.429. The number of hydrogen-bond donors (Lipinski definition) is 5. The van der Waals surface area contributed by atoms with E-state index in [0.29, 0.717) is 48.4 Å². The quantitative estimate of drug-likeness (QED) is 0.329. The summed E-state index contributed by atoms with van der Waals surface area (Å²) in [6.45, 7) is 1.48. The van der Waals surface area contributed by atoms with Crippen molar-refractivity contribution in [3.05, 3.63) is 47.6 Å². The zero-order chi connectivity index (χ0) is 28.6. The van der Waals surface area contributed by atoms with Crippen LogP contribution in [0.3, 0.4) is 0 Å². The molecular weight excluding hydrogens is 516 g/mol. The number of carbonyl (C=O) groups excluding carboxylic acids is 3. The molecule has 0 bridgehead atoms. The van der Waals surface area contributed by atoms with E-state index < -0.39 is 18.1 Å². The maximum absolute atomic E-state index is 12.3. The van der Waals surface area contributed by atoms with Gasteiger partial charge in [0.1, 0.15) is 34.8 Å². The minimum absolute atomic E-state index is 0.0188. The molecule has 40 heavy (non-hydrogen) atoms. The van der Waals surface area contributed by atoms with Gasteiger partial charge in [-0.1, -0.05) is 12.8 Å². The number of hydrazone groups is 1. The number of rotatable bonds is 8. The van der Waals surface area contributed by atoms with Gasteiger partial charge in [-0.15, -0.1) is 0 Å². The number of aromatic nitrogens is 2. The van der Waals surface area contributed by atoms with E-state index >= 15 is 0 Å². The number of nitrogens with zero attached hydrogens (tertiary/aromatic N) is 3. The lowest BCUT2D eigenvalue weighted by atomic mass is 9.78. The first-order valence-corrected chi connectivity index (χ1v) is 13.4. The van der Waals surface area contributed by atoms with E-state index in [1.165, 1.54) is 32.3 Å². The Hall–Kier alpha value is -4.48. The van der Waals surface area contributed by atoms with Crippen molar-refractivity contribution in [1.29, 1.82) is 0 Å². The van der Waals surface area contributed by atoms with E-state index in [9.17, 15) is 24.6 Å². The summed E-state index contributed by atoms with van der Waals surface area (Å²) in [6, 6.07) is 4.53. The normalized spacial score (nSPS) is 18.8. The predicted molar refractivity (Wildman–Crippen MR) is 147 cm³/mol. The summed E-state index contributed by atoms with van der Waals surface area (Å²) in [5.74, 6) is -0.911. The van der Waals surface area contributed by atoms with Crippen LogP contribution in [-0.4, -0.2) is 56.8 Å². The van der Waals surface area contributed by atoms with Gasteiger partial charge in [-0.25, -0.2) is 9.78 Å². The second kappa shape index (κ2) is 13.0. The van der Waals surface area contributed by atoms with Crippen LogP contribution in [0.4, 0.5) is 10.5 Å². The molecule has 0 aromatic carbocycles. The number of pyridine rings is 2. The molecule has 1 fully saturated rings. The molecule has 2 unspecified atom stereocenters. The van der Waals surface area contributed by atoms with Gasteiger partial charge >= 0.3 is 6.09 Å². The summed E-state index contributed by atoms with van der Waals surface area (Å²) < 4.78 is 5.80. The molecule has 1 aliphatic heterocycles. The predicted octanol–water partition coefficient (Wildman–Crippen LogP) is 3.61. The van der Waals surface area contributed by atoms with E-state index in [0.717, 1.165) is 19.3 Å². The summed E-state index contributed by atoms with van der Waals surface area (Å²) in [5.41, 5.74) is 5.36. The Bertz CT molecular complexity index is 1340. The summed E-state index contributed by atoms with van der Waals surface area (Å²) in [7, 11) is 1.49. The third-order valence-corrected chi connectivity index (χ3v) is 6.89. The molecule has 4 rings (SSSR count). The van der Waals surface area contributed by atoms with Gasteiger partial charge in [-0.3, -0.25) is 15.2 Å². The SMILES string of the molecule is CNC(=O)OC1CCCCCC2C(c3ncc(NC(=O)CCCC(C)=O)cc3O)=NNC(c3ncccc3O)=C12. The highest BCUT2D eigenvalue weighted by Gasteiger charge is 2.38. The monoisotopic (exact) mass is 550 g/mol. The molecule has 212 valence electrons. The molecule has 12 nitrogen and oxygen atoms in total. The third kappa shape index (κ3) is 6.74. The Balaban J connectivity index is 1.68. The van der Waals surface area contributed by atoms with Crippen molar-refractivity contribution in [3.63, 3.8) is 0 Å². The van der Waals surface area contributed by atoms with Crippen LogP contribution in [0.1, 0.15) is 69.7 Å². The summed E-state index contributed by atoms with van der Waals surface area (Å²) in [6.07, 6.45) is 6.48. The summed E-state index contributed by atoms with van der Waals surface area (Å²) >= 11 is 0. The van der Waals surface area contributed by atoms with E-state index in [1.54, 1.807) is 12.3 Å². The number of amides is 2. The molecule has 1 aliphatic carbocycles. The molecular formula is C28H34N6O6. The molecule has 2 amide bonds. The second-order valence-electron chi connectivity index (χ2n) is 9.84. The zero-order valence-corrected chi connectivity index (χ0v) is 22.6. The summed E-state index contributed by atoms with van der Waals surface area (Å²) in [4.78, 5) is 44.5. The number of carbonyl (C=O) groups is 3. The molecule has 1 saturated carbocycles. The van der Waals surface area contributed by atoms with Gasteiger partial charge in [-0.2, -0.15) is 5.10 Å². The lowest BCUT2D eigenvalue weighted by molar-refractivity contribution is -0.117. The van der Waals surface area contributed by atoms with Gasteiger partial charge in [0.2, 0.25) is 5.91 Å². The number of ether oxygens (including phenoxy) is 1. The molecule has 3 heterocycles. The number of alkyl carbamates (subject to hydrolysis) is 1. The van der Waals surface area contributed by atoms with Crippen LogP contribution in [0, 0.1) is 5.92 Å². The van der Waals surface area contributed by atoms with Crippen molar-refractivity contribution in [2.75, 3.05) is 12.4 Å². The topological polar surface area (TPSA) is 175 Å². The van der Waals surface area contributed by atoms with E-state index in [1.807, 2.05) is 0 Å². The molecule has 5 N–H and O–H groups in total. The van der Waals surface area contributed by atoms with Crippen LogP contribution in [0.25, 0.3) is 5.70 Å². The van der Waals surface area contributed by atoms with Crippen molar-refractivity contribution < 1.29 is 29.3 Å². The summed E-state index contributed by atoms with van der Waals surface area (Å²) in [5, 5.41) is 31.3. The minimum Gasteiger partial charge on any atom is -0.506 e. The van der Waals surface area contributed by atoms with E-state index in [-0.39, 0.29) is 41.0 Å². The Kier molecular flexibility index (Phi) is 9.31. The Morgan fingerprint density at radius 2 is 1.88 bits per heavy atom. The van der Waals surface area contributed by atoms with Gasteiger partial charge in [0.05, 0.1) is 23.3 Å². The molecule has 2 aromatic heterocycles. The van der Waals surface area contributed by atoms with Gasteiger partial charge in [0, 0.05) is 43.6 Å². The highest BCUT2D eigenvalue weighted by atomic mass is 16.6. The van der Waals surface area contributed by atoms with Crippen LogP contribution in [-0.2, 0) is 14.3 Å². The average Bonchev–Trinajstić information content (AvgIpc) is 2.91. The zero-order valence-electron chi connectivity index (χ0n) is 22.6. The highest BCUT2D eigenvalue weighted by Crippen LogP contribution is 2.40. The Morgan fingerprint density at radius 3 is 2.60 bits per heavy atom. The maximum atomic E-state index is 12.3. The minimum atomic E-state index is -0.643. The molecule has 0 saturated heterocycles. The van der Waals surface area contributed by atoms with Crippen LogP contribution in [0.2, 0.25) is 0 Å². The van der Waals surface area contributed by atoms with E-state index in [4.69, 9.17) is 4.74 Å². The van der Waals surface area contributed by atoms with Crippen LogP contribution in [0.5, 0.6) is 11.5 Å². The number of aromatic hydroxyl groups is 2. The molecule has 2 atom stereocenters. The van der Waals surface area contributed by atoms with Crippen LogP contribution >= 0.6 is 0 Å². The van der Waals surface area contributed by atoms with Gasteiger partial charge in [0.15, 0.2) is 0 Å². The van der Waals surface area contributed by atoms with Crippen molar-refractivity contribution >= 4 is 34.9 Å². The molecule has 0 radical (unpaired) electrons. The average molecular weight is 551 g/mol. The first-order chi connectivity index (χ1) is 19.3. The van der Waals surface area contributed by atoms with Gasteiger partial charge < -0.3 is 30.4 Å². The van der Waals surface area contributed by atoms with E-state index in [2.05, 4.69) is 31.1 Å². The van der Waals surface area contributed by atoms with Gasteiger partial charge in [-0.05, 0) is 44.7 Å². The number of ketones is 1. The van der Waals surface area contributed by atoms with Crippen molar-refractivity contribution in [1.82, 2.24) is 20.7 Å². The van der Waals surface area contributed by atoms with Gasteiger partial charge in [0.25, 0.3) is 0 Å². The molecule has 0 spiro atoms. The highest BCUT2D eigenvalue weighted by molar-refractivity contribution is 6.07. The molecule has 2 aromatic rings. The van der Waals surface area contributed by atoms with Crippen LogP contribution in [0.15, 0.2) is 41.3 Å². The molecule has 2 aliphatic rings. The second-order valence-corrected chi connectivity index (χ2v) is 9.84. The molecule has 12 heteroatoms. The number of fused-ring (bicyclic) bond motifs is 1. The standard InChI is InChI=1S/C28H34N6O6/c1-16(35)8-6-12-22(38)32-17-14-20(37)26(31-15-17)24-18-9-4-3-5-11-21(40-28(39)29-2)23(18)27(34-33-24)25-19(36)10-7-13-30-25/h7,10,13-15,18,21,34,36-37H,3-6,8-9,11-12H2,1-2H3,(H,29,39)(H,32,38). The van der Waals surface area contributed by atoms with Crippen molar-refractivity contribution in [2.24, 2.45) is 11.0 Å². The fourth-order valence-corrected chi connectivity index (χ4v) is 5.02. The number of Topliss-reactive ketones (excluding diaryl/α,β-unsaturated/α-hetero) is 1. The van der Waals surface area contributed by atoms with Crippen molar-refractivity contribution in [3.8, 4) is 11.5 Å². The Labute approximate surface area is 231 Å².